The number of nitrogens with one attached hydrogen (secondary N) is 2. The van der Waals surface area contributed by atoms with Gasteiger partial charge in [0.1, 0.15) is 5.75 Å². The highest BCUT2D eigenvalue weighted by atomic mass is 16.5. The molecule has 7 heteroatoms. The van der Waals surface area contributed by atoms with Crippen molar-refractivity contribution >= 4 is 11.8 Å². The van der Waals surface area contributed by atoms with Crippen molar-refractivity contribution in [1.82, 2.24) is 10.9 Å². The average molecular weight is 372 g/mol. The topological polar surface area (TPSA) is 85.9 Å². The summed E-state index contributed by atoms with van der Waals surface area (Å²) in [6.45, 7) is 4.27. The molecule has 7 nitrogen and oxygen atoms in total. The van der Waals surface area contributed by atoms with E-state index in [0.717, 1.165) is 12.0 Å². The van der Waals surface area contributed by atoms with E-state index in [1.807, 2.05) is 32.0 Å². The minimum atomic E-state index is -0.473. The van der Waals surface area contributed by atoms with Crippen molar-refractivity contribution in [3.63, 3.8) is 0 Å². The van der Waals surface area contributed by atoms with Crippen LogP contribution >= 0.6 is 0 Å². The normalized spacial score (nSPS) is 10.0. The molecule has 0 aliphatic rings. The van der Waals surface area contributed by atoms with Gasteiger partial charge in [-0.25, -0.2) is 0 Å². The predicted octanol–water partition coefficient (Wildman–Crippen LogP) is 2.63. The van der Waals surface area contributed by atoms with E-state index in [1.165, 1.54) is 7.11 Å². The van der Waals surface area contributed by atoms with Crippen molar-refractivity contribution < 1.29 is 23.8 Å². The molecule has 0 aromatic heterocycles. The molecule has 0 atom stereocenters. The zero-order valence-corrected chi connectivity index (χ0v) is 15.7. The predicted molar refractivity (Wildman–Crippen MR) is 101 cm³/mol. The third kappa shape index (κ3) is 6.22. The molecule has 0 saturated heterocycles. The van der Waals surface area contributed by atoms with Gasteiger partial charge < -0.3 is 14.2 Å². The van der Waals surface area contributed by atoms with E-state index in [2.05, 4.69) is 10.9 Å². The second-order valence-electron chi connectivity index (χ2n) is 5.82. The first-order valence-corrected chi connectivity index (χ1v) is 8.63. The molecule has 0 saturated carbocycles. The molecule has 0 spiro atoms. The second-order valence-corrected chi connectivity index (χ2v) is 5.82. The summed E-state index contributed by atoms with van der Waals surface area (Å²) in [5.41, 5.74) is 6.02. The van der Waals surface area contributed by atoms with E-state index in [9.17, 15) is 9.59 Å². The SMILES string of the molecule is CCCOc1ccc(C(=O)NNC(=O)COc2cccc(C)c2)cc1OC. The number of ether oxygens (including phenoxy) is 3. The Morgan fingerprint density at radius 2 is 1.81 bits per heavy atom. The second kappa shape index (κ2) is 10.1. The number of amides is 2. The monoisotopic (exact) mass is 372 g/mol. The Morgan fingerprint density at radius 3 is 2.52 bits per heavy atom. The van der Waals surface area contributed by atoms with Gasteiger partial charge in [-0.1, -0.05) is 19.1 Å². The molecule has 0 unspecified atom stereocenters. The lowest BCUT2D eigenvalue weighted by molar-refractivity contribution is -0.123. The maximum absolute atomic E-state index is 12.2. The van der Waals surface area contributed by atoms with Crippen molar-refractivity contribution in [2.24, 2.45) is 0 Å². The van der Waals surface area contributed by atoms with Crippen LogP contribution in [0.2, 0.25) is 0 Å². The zero-order valence-electron chi connectivity index (χ0n) is 15.7. The Bertz CT molecular complexity index is 792. The Hall–Kier alpha value is -3.22. The molecule has 2 aromatic carbocycles. The van der Waals surface area contributed by atoms with Gasteiger partial charge in [0.05, 0.1) is 13.7 Å². The number of aryl methyl sites for hydroxylation is 1. The molecule has 0 bridgehead atoms. The summed E-state index contributed by atoms with van der Waals surface area (Å²) < 4.78 is 16.2. The summed E-state index contributed by atoms with van der Waals surface area (Å²) >= 11 is 0. The van der Waals surface area contributed by atoms with E-state index in [0.29, 0.717) is 29.4 Å². The number of carbonyl (C=O) groups is 2. The van der Waals surface area contributed by atoms with E-state index in [1.54, 1.807) is 24.3 Å². The lowest BCUT2D eigenvalue weighted by Crippen LogP contribution is -2.43. The van der Waals surface area contributed by atoms with Crippen LogP contribution in [0.25, 0.3) is 0 Å². The van der Waals surface area contributed by atoms with Crippen LogP contribution < -0.4 is 25.1 Å². The smallest absolute Gasteiger partial charge is 0.276 e. The van der Waals surface area contributed by atoms with Gasteiger partial charge in [-0.2, -0.15) is 0 Å². The standard InChI is InChI=1S/C20H24N2O5/c1-4-10-26-17-9-8-15(12-18(17)25-3)20(24)22-21-19(23)13-27-16-7-5-6-14(2)11-16/h5-9,11-12H,4,10,13H2,1-3H3,(H,21,23)(H,22,24). The number of carbonyl (C=O) groups excluding carboxylic acids is 2. The number of methoxy groups -OCH3 is 1. The van der Waals surface area contributed by atoms with Gasteiger partial charge in [0.25, 0.3) is 11.8 Å². The summed E-state index contributed by atoms with van der Waals surface area (Å²) in [5, 5.41) is 0. The van der Waals surface area contributed by atoms with Crippen LogP contribution in [0.1, 0.15) is 29.3 Å². The number of hydrazine groups is 1. The number of hydrogen-bond acceptors (Lipinski definition) is 5. The first-order valence-electron chi connectivity index (χ1n) is 8.63. The minimum Gasteiger partial charge on any atom is -0.493 e. The molecule has 0 aliphatic heterocycles. The van der Waals surface area contributed by atoms with Crippen LogP contribution in [0.15, 0.2) is 42.5 Å². The summed E-state index contributed by atoms with van der Waals surface area (Å²) in [7, 11) is 1.50. The highest BCUT2D eigenvalue weighted by Gasteiger charge is 2.12. The van der Waals surface area contributed by atoms with Crippen LogP contribution in [0.5, 0.6) is 17.2 Å². The molecule has 0 aliphatic carbocycles. The summed E-state index contributed by atoms with van der Waals surface area (Å²) in [6.07, 6.45) is 0.863. The van der Waals surface area contributed by atoms with Gasteiger partial charge in [0.2, 0.25) is 0 Å². The third-order valence-electron chi connectivity index (χ3n) is 3.56. The van der Waals surface area contributed by atoms with E-state index >= 15 is 0 Å². The van der Waals surface area contributed by atoms with Crippen molar-refractivity contribution in [1.29, 1.82) is 0 Å². The number of rotatable bonds is 8. The molecule has 0 heterocycles. The van der Waals surface area contributed by atoms with E-state index < -0.39 is 11.8 Å². The van der Waals surface area contributed by atoms with Gasteiger partial charge >= 0.3 is 0 Å². The summed E-state index contributed by atoms with van der Waals surface area (Å²) in [4.78, 5) is 24.0. The molecule has 0 radical (unpaired) electrons. The van der Waals surface area contributed by atoms with Gasteiger partial charge in [-0.05, 0) is 49.2 Å². The third-order valence-corrected chi connectivity index (χ3v) is 3.56. The van der Waals surface area contributed by atoms with Crippen LogP contribution in [0, 0.1) is 6.92 Å². The van der Waals surface area contributed by atoms with Crippen LogP contribution in [0.3, 0.4) is 0 Å². The maximum Gasteiger partial charge on any atom is 0.276 e. The number of benzene rings is 2. The fraction of sp³-hybridized carbons (Fsp3) is 0.300. The quantitative estimate of drug-likeness (QED) is 0.696. The lowest BCUT2D eigenvalue weighted by Gasteiger charge is -2.12. The van der Waals surface area contributed by atoms with Gasteiger partial charge in [-0.3, -0.25) is 20.4 Å². The van der Waals surface area contributed by atoms with Gasteiger partial charge in [0, 0.05) is 5.56 Å². The Labute approximate surface area is 158 Å². The molecule has 2 rings (SSSR count). The van der Waals surface area contributed by atoms with Gasteiger partial charge in [0.15, 0.2) is 18.1 Å². The molecule has 2 aromatic rings. The fourth-order valence-electron chi connectivity index (χ4n) is 2.23. The van der Waals surface area contributed by atoms with E-state index in [4.69, 9.17) is 14.2 Å². The summed E-state index contributed by atoms with van der Waals surface area (Å²) in [6, 6.07) is 12.2. The van der Waals surface area contributed by atoms with Gasteiger partial charge in [-0.15, -0.1) is 0 Å². The first-order chi connectivity index (χ1) is 13.0. The van der Waals surface area contributed by atoms with Crippen LogP contribution in [-0.2, 0) is 4.79 Å². The van der Waals surface area contributed by atoms with Crippen LogP contribution in [-0.4, -0.2) is 32.1 Å². The maximum atomic E-state index is 12.2. The highest BCUT2D eigenvalue weighted by molar-refractivity contribution is 5.96. The highest BCUT2D eigenvalue weighted by Crippen LogP contribution is 2.28. The van der Waals surface area contributed by atoms with E-state index in [-0.39, 0.29) is 6.61 Å². The average Bonchev–Trinajstić information content (AvgIpc) is 2.68. The Balaban J connectivity index is 1.86. The minimum absolute atomic E-state index is 0.211. The summed E-state index contributed by atoms with van der Waals surface area (Å²) in [5.74, 6) is 0.652. The Morgan fingerprint density at radius 1 is 1.00 bits per heavy atom. The first kappa shape index (κ1) is 20.1. The fourth-order valence-corrected chi connectivity index (χ4v) is 2.23. The van der Waals surface area contributed by atoms with Crippen molar-refractivity contribution in [3.05, 3.63) is 53.6 Å². The largest absolute Gasteiger partial charge is 0.493 e. The molecule has 144 valence electrons. The van der Waals surface area contributed by atoms with Crippen molar-refractivity contribution in [2.75, 3.05) is 20.3 Å². The molecular weight excluding hydrogens is 348 g/mol. The molecule has 0 fully saturated rings. The molecule has 2 amide bonds. The number of hydrogen-bond donors (Lipinski definition) is 2. The molecular formula is C20H24N2O5. The lowest BCUT2D eigenvalue weighted by atomic mass is 10.2. The zero-order chi connectivity index (χ0) is 19.6. The molecule has 2 N–H and O–H groups in total. The molecule has 27 heavy (non-hydrogen) atoms. The van der Waals surface area contributed by atoms with Crippen molar-refractivity contribution in [3.8, 4) is 17.2 Å². The van der Waals surface area contributed by atoms with Crippen molar-refractivity contribution in [2.45, 2.75) is 20.3 Å². The van der Waals surface area contributed by atoms with Crippen LogP contribution in [0.4, 0.5) is 0 Å². The Kier molecular flexibility index (Phi) is 7.49.